The van der Waals surface area contributed by atoms with Crippen LogP contribution in [0, 0.1) is 0 Å². The van der Waals surface area contributed by atoms with Gasteiger partial charge in [-0.15, -0.1) is 0 Å². The summed E-state index contributed by atoms with van der Waals surface area (Å²) in [5.74, 6) is -0.108. The molecular formula is C16H25N3O3S. The minimum absolute atomic E-state index is 0.108. The summed E-state index contributed by atoms with van der Waals surface area (Å²) in [7, 11) is -1.53. The van der Waals surface area contributed by atoms with Gasteiger partial charge in [0.05, 0.1) is 4.90 Å². The fourth-order valence-corrected chi connectivity index (χ4v) is 3.57. The Balaban J connectivity index is 2.11. The quantitative estimate of drug-likeness (QED) is 0.790. The highest BCUT2D eigenvalue weighted by molar-refractivity contribution is 7.89. The van der Waals surface area contributed by atoms with Gasteiger partial charge >= 0.3 is 0 Å². The molecule has 0 atom stereocenters. The van der Waals surface area contributed by atoms with Crippen molar-refractivity contribution >= 4 is 15.9 Å². The first-order chi connectivity index (χ1) is 10.9. The molecule has 23 heavy (non-hydrogen) atoms. The van der Waals surface area contributed by atoms with Gasteiger partial charge in [0.2, 0.25) is 10.0 Å². The molecule has 0 aromatic heterocycles. The zero-order chi connectivity index (χ0) is 16.9. The first kappa shape index (κ1) is 17.9. The zero-order valence-electron chi connectivity index (χ0n) is 13.8. The normalized spacial score (nSPS) is 16.5. The van der Waals surface area contributed by atoms with E-state index in [4.69, 9.17) is 0 Å². The van der Waals surface area contributed by atoms with E-state index < -0.39 is 10.0 Å². The number of unbranched alkanes of at least 4 members (excludes halogenated alkanes) is 1. The Morgan fingerprint density at radius 2 is 1.91 bits per heavy atom. The van der Waals surface area contributed by atoms with Gasteiger partial charge in [-0.1, -0.05) is 19.4 Å². The van der Waals surface area contributed by atoms with Crippen molar-refractivity contribution in [2.75, 3.05) is 39.8 Å². The van der Waals surface area contributed by atoms with E-state index in [1.165, 1.54) is 12.1 Å². The van der Waals surface area contributed by atoms with Crippen molar-refractivity contribution in [3.05, 3.63) is 29.8 Å². The number of piperazine rings is 1. The van der Waals surface area contributed by atoms with Gasteiger partial charge in [-0.05, 0) is 31.7 Å². The number of rotatable bonds is 6. The van der Waals surface area contributed by atoms with E-state index in [0.29, 0.717) is 25.2 Å². The Kier molecular flexibility index (Phi) is 6.15. The molecule has 1 saturated heterocycles. The van der Waals surface area contributed by atoms with Gasteiger partial charge < -0.3 is 9.80 Å². The topological polar surface area (TPSA) is 69.7 Å². The number of carbonyl (C=O) groups excluding carboxylic acids is 1. The van der Waals surface area contributed by atoms with Crippen LogP contribution in [0.4, 0.5) is 0 Å². The Bertz CT molecular complexity index is 638. The lowest BCUT2D eigenvalue weighted by molar-refractivity contribution is 0.0664. The standard InChI is InChI=1S/C16H25N3O3S/c1-3-4-8-17-23(21,22)15-7-5-6-14(13-15)16(20)19-11-9-18(2)10-12-19/h5-7,13,17H,3-4,8-12H2,1-2H3. The molecule has 0 aliphatic carbocycles. The number of carbonyl (C=O) groups is 1. The lowest BCUT2D eigenvalue weighted by Gasteiger charge is -2.32. The number of nitrogens with zero attached hydrogens (tertiary/aromatic N) is 2. The molecule has 0 spiro atoms. The molecule has 6 nitrogen and oxygen atoms in total. The van der Waals surface area contributed by atoms with Crippen LogP contribution in [0.1, 0.15) is 30.1 Å². The number of likely N-dealkylation sites (N-methyl/N-ethyl adjacent to an activating group) is 1. The summed E-state index contributed by atoms with van der Waals surface area (Å²) in [4.78, 5) is 16.6. The van der Waals surface area contributed by atoms with Crippen LogP contribution in [-0.4, -0.2) is 63.9 Å². The lowest BCUT2D eigenvalue weighted by atomic mass is 10.2. The average molecular weight is 339 g/mol. The van der Waals surface area contributed by atoms with E-state index in [0.717, 1.165) is 25.9 Å². The summed E-state index contributed by atoms with van der Waals surface area (Å²) in [5, 5.41) is 0. The van der Waals surface area contributed by atoms with E-state index in [1.807, 2.05) is 14.0 Å². The van der Waals surface area contributed by atoms with Crippen LogP contribution in [-0.2, 0) is 10.0 Å². The molecule has 0 saturated carbocycles. The third-order valence-electron chi connectivity index (χ3n) is 4.00. The second kappa shape index (κ2) is 7.90. The Morgan fingerprint density at radius 3 is 2.57 bits per heavy atom. The lowest BCUT2D eigenvalue weighted by Crippen LogP contribution is -2.47. The first-order valence-corrected chi connectivity index (χ1v) is 9.50. The molecule has 7 heteroatoms. The maximum Gasteiger partial charge on any atom is 0.253 e. The average Bonchev–Trinajstić information content (AvgIpc) is 2.55. The molecule has 0 bridgehead atoms. The van der Waals surface area contributed by atoms with E-state index in [9.17, 15) is 13.2 Å². The van der Waals surface area contributed by atoms with Crippen molar-refractivity contribution in [2.24, 2.45) is 0 Å². The van der Waals surface area contributed by atoms with Crippen molar-refractivity contribution < 1.29 is 13.2 Å². The van der Waals surface area contributed by atoms with Crippen LogP contribution in [0.2, 0.25) is 0 Å². The van der Waals surface area contributed by atoms with Crippen molar-refractivity contribution in [2.45, 2.75) is 24.7 Å². The number of nitrogens with one attached hydrogen (secondary N) is 1. The van der Waals surface area contributed by atoms with E-state index in [2.05, 4.69) is 9.62 Å². The highest BCUT2D eigenvalue weighted by Crippen LogP contribution is 2.14. The van der Waals surface area contributed by atoms with Gasteiger partial charge in [-0.25, -0.2) is 13.1 Å². The number of amides is 1. The Morgan fingerprint density at radius 1 is 1.22 bits per heavy atom. The largest absolute Gasteiger partial charge is 0.336 e. The van der Waals surface area contributed by atoms with Crippen LogP contribution in [0.3, 0.4) is 0 Å². The van der Waals surface area contributed by atoms with Crippen LogP contribution >= 0.6 is 0 Å². The van der Waals surface area contributed by atoms with Crippen molar-refractivity contribution in [1.29, 1.82) is 0 Å². The molecule has 1 heterocycles. The van der Waals surface area contributed by atoms with Crippen molar-refractivity contribution in [3.63, 3.8) is 0 Å². The molecule has 2 rings (SSSR count). The molecule has 0 radical (unpaired) electrons. The number of sulfonamides is 1. The number of hydrogen-bond acceptors (Lipinski definition) is 4. The van der Waals surface area contributed by atoms with E-state index in [-0.39, 0.29) is 10.8 Å². The minimum Gasteiger partial charge on any atom is -0.336 e. The summed E-state index contributed by atoms with van der Waals surface area (Å²) >= 11 is 0. The van der Waals surface area contributed by atoms with E-state index >= 15 is 0 Å². The third kappa shape index (κ3) is 4.76. The summed E-state index contributed by atoms with van der Waals surface area (Å²) < 4.78 is 27.1. The van der Waals surface area contributed by atoms with Gasteiger partial charge in [0.25, 0.3) is 5.91 Å². The maximum absolute atomic E-state index is 12.5. The molecule has 1 fully saturated rings. The smallest absolute Gasteiger partial charge is 0.253 e. The van der Waals surface area contributed by atoms with Gasteiger partial charge in [0.1, 0.15) is 0 Å². The Labute approximate surface area is 138 Å². The van der Waals surface area contributed by atoms with E-state index in [1.54, 1.807) is 17.0 Å². The van der Waals surface area contributed by atoms with Crippen LogP contribution in [0.15, 0.2) is 29.2 Å². The van der Waals surface area contributed by atoms with Gasteiger partial charge in [0.15, 0.2) is 0 Å². The highest BCUT2D eigenvalue weighted by atomic mass is 32.2. The molecule has 1 aliphatic heterocycles. The predicted molar refractivity (Wildman–Crippen MR) is 89.9 cm³/mol. The van der Waals surface area contributed by atoms with Crippen molar-refractivity contribution in [1.82, 2.24) is 14.5 Å². The second-order valence-corrected chi connectivity index (χ2v) is 7.64. The monoisotopic (exact) mass is 339 g/mol. The number of hydrogen-bond donors (Lipinski definition) is 1. The summed E-state index contributed by atoms with van der Waals surface area (Å²) in [6, 6.07) is 6.29. The fourth-order valence-electron chi connectivity index (χ4n) is 2.46. The summed E-state index contributed by atoms with van der Waals surface area (Å²) in [5.41, 5.74) is 0.424. The third-order valence-corrected chi connectivity index (χ3v) is 5.46. The predicted octanol–water partition coefficient (Wildman–Crippen LogP) is 1.15. The first-order valence-electron chi connectivity index (χ1n) is 8.01. The molecule has 1 N–H and O–H groups in total. The van der Waals surface area contributed by atoms with Crippen LogP contribution in [0.25, 0.3) is 0 Å². The van der Waals surface area contributed by atoms with Gasteiger partial charge in [-0.2, -0.15) is 0 Å². The second-order valence-electron chi connectivity index (χ2n) is 5.87. The molecule has 128 valence electrons. The van der Waals surface area contributed by atoms with Crippen molar-refractivity contribution in [3.8, 4) is 0 Å². The van der Waals surface area contributed by atoms with Crippen LogP contribution < -0.4 is 4.72 Å². The van der Waals surface area contributed by atoms with Crippen LogP contribution in [0.5, 0.6) is 0 Å². The zero-order valence-corrected chi connectivity index (χ0v) is 14.6. The Hall–Kier alpha value is -1.44. The highest BCUT2D eigenvalue weighted by Gasteiger charge is 2.22. The van der Waals surface area contributed by atoms with Gasteiger partial charge in [-0.3, -0.25) is 4.79 Å². The minimum atomic E-state index is -3.56. The summed E-state index contributed by atoms with van der Waals surface area (Å²) in [6.45, 7) is 5.42. The molecule has 1 aromatic carbocycles. The molecule has 1 aliphatic rings. The van der Waals surface area contributed by atoms with Gasteiger partial charge in [0, 0.05) is 38.3 Å². The molecule has 1 amide bonds. The SMILES string of the molecule is CCCCNS(=O)(=O)c1cccc(C(=O)N2CCN(C)CC2)c1. The fraction of sp³-hybridized carbons (Fsp3) is 0.562. The molecule has 0 unspecified atom stereocenters. The molecular weight excluding hydrogens is 314 g/mol. The molecule has 1 aromatic rings. The number of benzene rings is 1. The maximum atomic E-state index is 12.5. The summed E-state index contributed by atoms with van der Waals surface area (Å²) in [6.07, 6.45) is 1.71.